The number of aromatic nitrogens is 2. The highest BCUT2D eigenvalue weighted by atomic mass is 32.2. The molecule has 100 valence electrons. The van der Waals surface area contributed by atoms with E-state index in [1.807, 2.05) is 30.3 Å². The molecule has 1 atom stereocenters. The summed E-state index contributed by atoms with van der Waals surface area (Å²) in [5.41, 5.74) is 1.45. The molecule has 0 amide bonds. The molecular formula is C16H14N2OS. The van der Waals surface area contributed by atoms with Crippen LogP contribution >= 0.6 is 11.8 Å². The quantitative estimate of drug-likeness (QED) is 0.862. The van der Waals surface area contributed by atoms with Crippen molar-refractivity contribution in [2.75, 3.05) is 0 Å². The van der Waals surface area contributed by atoms with E-state index in [-0.39, 0.29) is 5.91 Å². The monoisotopic (exact) mass is 282 g/mol. The van der Waals surface area contributed by atoms with Crippen molar-refractivity contribution in [3.05, 3.63) is 71.4 Å². The smallest absolute Gasteiger partial charge is 0.267 e. The summed E-state index contributed by atoms with van der Waals surface area (Å²) in [6.45, 7) is 0. The average molecular weight is 282 g/mol. The minimum atomic E-state index is -0.109. The molecular weight excluding hydrogens is 268 g/mol. The second kappa shape index (κ2) is 5.92. The van der Waals surface area contributed by atoms with Crippen LogP contribution < -0.4 is 0 Å². The van der Waals surface area contributed by atoms with Crippen molar-refractivity contribution in [3.8, 4) is 0 Å². The van der Waals surface area contributed by atoms with Crippen molar-refractivity contribution in [3.63, 3.8) is 0 Å². The van der Waals surface area contributed by atoms with Crippen molar-refractivity contribution >= 4 is 23.7 Å². The maximum Gasteiger partial charge on any atom is 0.278 e. The molecule has 0 radical (unpaired) electrons. The Bertz CT molecular complexity index is 650. The third-order valence-electron chi connectivity index (χ3n) is 3.04. The molecule has 3 rings (SSSR count). The Morgan fingerprint density at radius 1 is 1.30 bits per heavy atom. The maximum absolute atomic E-state index is 12.2. The second-order valence-corrected chi connectivity index (χ2v) is 5.65. The predicted octanol–water partition coefficient (Wildman–Crippen LogP) is 3.60. The Labute approximate surface area is 122 Å². The summed E-state index contributed by atoms with van der Waals surface area (Å²) in [4.78, 5) is 12.2. The van der Waals surface area contributed by atoms with Gasteiger partial charge >= 0.3 is 0 Å². The first kappa shape index (κ1) is 12.9. The van der Waals surface area contributed by atoms with Crippen molar-refractivity contribution in [2.45, 2.75) is 11.7 Å². The summed E-state index contributed by atoms with van der Waals surface area (Å²) in [6, 6.07) is 11.0. The van der Waals surface area contributed by atoms with Crippen LogP contribution in [0, 0.1) is 0 Å². The topological polar surface area (TPSA) is 34.9 Å². The van der Waals surface area contributed by atoms with E-state index in [1.165, 1.54) is 4.68 Å². The Kier molecular flexibility index (Phi) is 3.83. The zero-order valence-electron chi connectivity index (χ0n) is 10.8. The first-order valence-electron chi connectivity index (χ1n) is 6.47. The Balaban J connectivity index is 1.72. The van der Waals surface area contributed by atoms with Crippen LogP contribution in [0.2, 0.25) is 0 Å². The number of rotatable bonds is 3. The number of carbonyl (C=O) groups is 1. The molecule has 4 heteroatoms. The SMILES string of the molecule is O=C(c1ccccc1)n1ccc(/C=C/C2CC=CS2)n1. The van der Waals surface area contributed by atoms with Crippen LogP contribution in [-0.4, -0.2) is 20.9 Å². The van der Waals surface area contributed by atoms with Crippen LogP contribution in [-0.2, 0) is 0 Å². The van der Waals surface area contributed by atoms with E-state index < -0.39 is 0 Å². The van der Waals surface area contributed by atoms with E-state index in [1.54, 1.807) is 30.1 Å². The molecule has 0 fully saturated rings. The van der Waals surface area contributed by atoms with Crippen molar-refractivity contribution in [2.24, 2.45) is 0 Å². The van der Waals surface area contributed by atoms with Crippen LogP contribution in [0.25, 0.3) is 6.08 Å². The lowest BCUT2D eigenvalue weighted by atomic mass is 10.2. The summed E-state index contributed by atoms with van der Waals surface area (Å²) in [6.07, 6.45) is 9.03. The fourth-order valence-corrected chi connectivity index (χ4v) is 2.80. The number of allylic oxidation sites excluding steroid dienone is 1. The molecule has 1 aromatic carbocycles. The van der Waals surface area contributed by atoms with Gasteiger partial charge in [0, 0.05) is 17.0 Å². The molecule has 3 nitrogen and oxygen atoms in total. The van der Waals surface area contributed by atoms with E-state index in [4.69, 9.17) is 0 Å². The Morgan fingerprint density at radius 2 is 2.15 bits per heavy atom. The van der Waals surface area contributed by atoms with Gasteiger partial charge in [0.25, 0.3) is 5.91 Å². The highest BCUT2D eigenvalue weighted by molar-refractivity contribution is 8.03. The lowest BCUT2D eigenvalue weighted by Gasteiger charge is -2.00. The molecule has 1 aliphatic heterocycles. The Morgan fingerprint density at radius 3 is 2.90 bits per heavy atom. The van der Waals surface area contributed by atoms with Gasteiger partial charge in [0.2, 0.25) is 0 Å². The van der Waals surface area contributed by atoms with Gasteiger partial charge in [0.15, 0.2) is 0 Å². The van der Waals surface area contributed by atoms with Gasteiger partial charge < -0.3 is 0 Å². The summed E-state index contributed by atoms with van der Waals surface area (Å²) in [7, 11) is 0. The third-order valence-corrected chi connectivity index (χ3v) is 4.09. The number of nitrogens with zero attached hydrogens (tertiary/aromatic N) is 2. The molecule has 0 saturated carbocycles. The predicted molar refractivity (Wildman–Crippen MR) is 82.6 cm³/mol. The molecule has 0 spiro atoms. The summed E-state index contributed by atoms with van der Waals surface area (Å²) >= 11 is 1.80. The van der Waals surface area contributed by atoms with Gasteiger partial charge in [0.05, 0.1) is 5.69 Å². The first-order chi connectivity index (χ1) is 9.83. The lowest BCUT2D eigenvalue weighted by Crippen LogP contribution is -2.12. The zero-order valence-corrected chi connectivity index (χ0v) is 11.7. The lowest BCUT2D eigenvalue weighted by molar-refractivity contribution is 0.0945. The average Bonchev–Trinajstić information content (AvgIpc) is 3.17. The van der Waals surface area contributed by atoms with Gasteiger partial charge in [-0.1, -0.05) is 30.4 Å². The van der Waals surface area contributed by atoms with Crippen molar-refractivity contribution in [1.82, 2.24) is 9.78 Å². The third kappa shape index (κ3) is 2.91. The van der Waals surface area contributed by atoms with Crippen molar-refractivity contribution < 1.29 is 4.79 Å². The summed E-state index contributed by atoms with van der Waals surface area (Å²) in [5.74, 6) is -0.109. The number of benzene rings is 1. The fraction of sp³-hybridized carbons (Fsp3) is 0.125. The molecule has 0 aliphatic carbocycles. The molecule has 0 bridgehead atoms. The van der Waals surface area contributed by atoms with Crippen LogP contribution in [0.4, 0.5) is 0 Å². The van der Waals surface area contributed by atoms with Gasteiger partial charge in [-0.15, -0.1) is 11.8 Å². The van der Waals surface area contributed by atoms with Crippen molar-refractivity contribution in [1.29, 1.82) is 0 Å². The number of thioether (sulfide) groups is 1. The van der Waals surface area contributed by atoms with Gasteiger partial charge in [-0.3, -0.25) is 4.79 Å². The van der Waals surface area contributed by atoms with E-state index in [9.17, 15) is 4.79 Å². The standard InChI is InChI=1S/C16H14N2OS/c19-16(13-5-2-1-3-6-13)18-11-10-14(17-18)8-9-15-7-4-12-20-15/h1-6,8-12,15H,7H2/b9-8+. The van der Waals surface area contributed by atoms with E-state index in [0.717, 1.165) is 12.1 Å². The van der Waals surface area contributed by atoms with E-state index >= 15 is 0 Å². The number of carbonyl (C=O) groups excluding carboxylic acids is 1. The molecule has 1 unspecified atom stereocenters. The highest BCUT2D eigenvalue weighted by Gasteiger charge is 2.09. The molecule has 2 aromatic rings. The molecule has 0 saturated heterocycles. The number of hydrogen-bond acceptors (Lipinski definition) is 3. The maximum atomic E-state index is 12.2. The van der Waals surface area contributed by atoms with Gasteiger partial charge in [-0.05, 0) is 36.1 Å². The summed E-state index contributed by atoms with van der Waals surface area (Å²) < 4.78 is 1.38. The normalized spacial score (nSPS) is 17.9. The van der Waals surface area contributed by atoms with Gasteiger partial charge in [0.1, 0.15) is 0 Å². The molecule has 20 heavy (non-hydrogen) atoms. The largest absolute Gasteiger partial charge is 0.278 e. The molecule has 1 aromatic heterocycles. The van der Waals surface area contributed by atoms with Crippen LogP contribution in [0.3, 0.4) is 0 Å². The minimum absolute atomic E-state index is 0.109. The summed E-state index contributed by atoms with van der Waals surface area (Å²) in [5, 5.41) is 6.91. The zero-order chi connectivity index (χ0) is 13.8. The fourth-order valence-electron chi connectivity index (χ4n) is 1.98. The Hall–Kier alpha value is -2.07. The minimum Gasteiger partial charge on any atom is -0.267 e. The molecule has 1 aliphatic rings. The number of hydrogen-bond donors (Lipinski definition) is 0. The van der Waals surface area contributed by atoms with Gasteiger partial charge in [-0.25, -0.2) is 4.68 Å². The van der Waals surface area contributed by atoms with E-state index in [2.05, 4.69) is 22.7 Å². The van der Waals surface area contributed by atoms with Crippen LogP contribution in [0.15, 0.2) is 60.2 Å². The van der Waals surface area contributed by atoms with Crippen LogP contribution in [0.5, 0.6) is 0 Å². The van der Waals surface area contributed by atoms with Crippen LogP contribution in [0.1, 0.15) is 22.5 Å². The highest BCUT2D eigenvalue weighted by Crippen LogP contribution is 2.25. The van der Waals surface area contributed by atoms with Gasteiger partial charge in [-0.2, -0.15) is 5.10 Å². The molecule has 2 heterocycles. The molecule has 0 N–H and O–H groups in total. The first-order valence-corrected chi connectivity index (χ1v) is 7.41. The van der Waals surface area contributed by atoms with E-state index in [0.29, 0.717) is 10.8 Å². The second-order valence-electron chi connectivity index (χ2n) is 4.50.